The van der Waals surface area contributed by atoms with Crippen molar-refractivity contribution in [1.82, 2.24) is 0 Å². The van der Waals surface area contributed by atoms with Crippen LogP contribution in [0.2, 0.25) is 18.6 Å². The molecule has 1 atom stereocenters. The second-order valence-corrected chi connectivity index (χ2v) is 13.9. The SMILES string of the molecule is CCCCCCc1cc(CCCCCC)cc([Si](C)(C)C2C=CC(C)=C2)c1. The third-order valence-electron chi connectivity index (χ3n) is 6.28. The fraction of sp³-hybridized carbons (Fsp3) is 0.615. The van der Waals surface area contributed by atoms with Gasteiger partial charge in [0, 0.05) is 0 Å². The van der Waals surface area contributed by atoms with E-state index in [0.717, 1.165) is 0 Å². The van der Waals surface area contributed by atoms with Crippen molar-refractivity contribution in [3.8, 4) is 0 Å². The first kappa shape index (κ1) is 22.2. The van der Waals surface area contributed by atoms with E-state index >= 15 is 0 Å². The zero-order chi connectivity index (χ0) is 19.7. The highest BCUT2D eigenvalue weighted by Crippen LogP contribution is 2.31. The Hall–Kier alpha value is -1.08. The summed E-state index contributed by atoms with van der Waals surface area (Å²) in [6.07, 6.45) is 20.6. The first-order chi connectivity index (χ1) is 13.0. The Balaban J connectivity index is 2.18. The summed E-state index contributed by atoms with van der Waals surface area (Å²) in [5.41, 5.74) is 5.28. The maximum atomic E-state index is 2.57. The maximum absolute atomic E-state index is 2.57. The molecule has 0 fully saturated rings. The summed E-state index contributed by atoms with van der Waals surface area (Å²) in [5.74, 6) is 0. The van der Waals surface area contributed by atoms with E-state index in [4.69, 9.17) is 0 Å². The standard InChI is InChI=1S/C26H42Si/c1-6-8-10-12-14-23-19-24(15-13-11-9-7-2)21-26(20-23)27(4,5)25-17-16-22(3)18-25/h16-21,25H,6-15H2,1-5H3. The van der Waals surface area contributed by atoms with Gasteiger partial charge in [0.2, 0.25) is 0 Å². The van der Waals surface area contributed by atoms with Crippen molar-refractivity contribution < 1.29 is 0 Å². The quantitative estimate of drug-likeness (QED) is 0.256. The monoisotopic (exact) mass is 382 g/mol. The average molecular weight is 383 g/mol. The molecule has 1 aromatic rings. The highest BCUT2D eigenvalue weighted by Gasteiger charge is 2.32. The van der Waals surface area contributed by atoms with Gasteiger partial charge in [-0.2, -0.15) is 0 Å². The Kier molecular flexibility index (Phi) is 9.09. The Labute approximate surface area is 170 Å². The van der Waals surface area contributed by atoms with Crippen molar-refractivity contribution in [2.45, 2.75) is 104 Å². The Morgan fingerprint density at radius 1 is 0.778 bits per heavy atom. The molecule has 1 aliphatic carbocycles. The molecule has 1 unspecified atom stereocenters. The molecular formula is C26H42Si. The van der Waals surface area contributed by atoms with E-state index in [1.807, 2.05) is 0 Å². The van der Waals surface area contributed by atoms with E-state index in [1.54, 1.807) is 16.3 Å². The summed E-state index contributed by atoms with van der Waals surface area (Å²) in [6.45, 7) is 12.0. The van der Waals surface area contributed by atoms with E-state index in [1.165, 1.54) is 69.8 Å². The first-order valence-corrected chi connectivity index (χ1v) is 14.5. The van der Waals surface area contributed by atoms with Gasteiger partial charge in [0.25, 0.3) is 0 Å². The van der Waals surface area contributed by atoms with Gasteiger partial charge in [0.05, 0.1) is 8.07 Å². The van der Waals surface area contributed by atoms with E-state index < -0.39 is 8.07 Å². The molecule has 0 saturated heterocycles. The van der Waals surface area contributed by atoms with Crippen molar-refractivity contribution in [3.05, 3.63) is 53.1 Å². The van der Waals surface area contributed by atoms with Crippen LogP contribution in [0, 0.1) is 0 Å². The van der Waals surface area contributed by atoms with Gasteiger partial charge in [0.1, 0.15) is 0 Å². The van der Waals surface area contributed by atoms with E-state index in [2.05, 4.69) is 70.3 Å². The number of benzene rings is 1. The third kappa shape index (κ3) is 6.78. The molecule has 0 amide bonds. The normalized spacial score (nSPS) is 16.8. The fourth-order valence-electron chi connectivity index (χ4n) is 4.23. The molecule has 27 heavy (non-hydrogen) atoms. The number of rotatable bonds is 12. The summed E-state index contributed by atoms with van der Waals surface area (Å²) < 4.78 is 0. The minimum absolute atomic E-state index is 0.654. The summed E-state index contributed by atoms with van der Waals surface area (Å²) in [5, 5.41) is 1.67. The molecule has 1 aliphatic rings. The summed E-state index contributed by atoms with van der Waals surface area (Å²) >= 11 is 0. The van der Waals surface area contributed by atoms with Crippen LogP contribution in [-0.4, -0.2) is 8.07 Å². The summed E-state index contributed by atoms with van der Waals surface area (Å²) in [7, 11) is -1.52. The van der Waals surface area contributed by atoms with Gasteiger partial charge < -0.3 is 0 Å². The van der Waals surface area contributed by atoms with Crippen molar-refractivity contribution in [1.29, 1.82) is 0 Å². The molecule has 150 valence electrons. The van der Waals surface area contributed by atoms with Crippen molar-refractivity contribution in [3.63, 3.8) is 0 Å². The predicted octanol–water partition coefficient (Wildman–Crippen LogP) is 7.73. The van der Waals surface area contributed by atoms with Gasteiger partial charge in [-0.3, -0.25) is 0 Å². The zero-order valence-electron chi connectivity index (χ0n) is 18.6. The molecule has 0 heterocycles. The van der Waals surface area contributed by atoms with Crippen LogP contribution >= 0.6 is 0 Å². The first-order valence-electron chi connectivity index (χ1n) is 11.5. The molecule has 0 radical (unpaired) electrons. The van der Waals surface area contributed by atoms with Crippen LogP contribution in [-0.2, 0) is 12.8 Å². The van der Waals surface area contributed by atoms with Gasteiger partial charge in [-0.25, -0.2) is 0 Å². The van der Waals surface area contributed by atoms with Crippen LogP contribution in [0.5, 0.6) is 0 Å². The molecular weight excluding hydrogens is 340 g/mol. The topological polar surface area (TPSA) is 0 Å². The molecule has 1 heteroatoms. The third-order valence-corrected chi connectivity index (χ3v) is 10.1. The number of hydrogen-bond donors (Lipinski definition) is 0. The molecule has 0 aromatic heterocycles. The van der Waals surface area contributed by atoms with Gasteiger partial charge in [0.15, 0.2) is 0 Å². The predicted molar refractivity (Wildman–Crippen MR) is 126 cm³/mol. The minimum Gasteiger partial charge on any atom is -0.0797 e. The second kappa shape index (κ2) is 11.0. The van der Waals surface area contributed by atoms with Crippen LogP contribution in [0.15, 0.2) is 42.0 Å². The Bertz CT molecular complexity index is 605. The van der Waals surface area contributed by atoms with Crippen LogP contribution < -0.4 is 5.19 Å². The van der Waals surface area contributed by atoms with Crippen LogP contribution in [0.25, 0.3) is 0 Å². The summed E-state index contributed by atoms with van der Waals surface area (Å²) in [4.78, 5) is 0. The molecule has 0 aliphatic heterocycles. The molecule has 0 N–H and O–H groups in total. The zero-order valence-corrected chi connectivity index (χ0v) is 19.6. The lowest BCUT2D eigenvalue weighted by atomic mass is 10.0. The number of unbranched alkanes of at least 4 members (excludes halogenated alkanes) is 6. The average Bonchev–Trinajstić information content (AvgIpc) is 3.09. The van der Waals surface area contributed by atoms with Crippen LogP contribution in [0.1, 0.15) is 83.3 Å². The van der Waals surface area contributed by atoms with Gasteiger partial charge >= 0.3 is 0 Å². The van der Waals surface area contributed by atoms with E-state index in [9.17, 15) is 0 Å². The van der Waals surface area contributed by atoms with Gasteiger partial charge in [-0.1, -0.05) is 113 Å². The van der Waals surface area contributed by atoms with Gasteiger partial charge in [-0.05, 0) is 49.3 Å². The largest absolute Gasteiger partial charge is 0.0912 e. The second-order valence-electron chi connectivity index (χ2n) is 9.18. The lowest BCUT2D eigenvalue weighted by Gasteiger charge is -2.29. The van der Waals surface area contributed by atoms with Crippen molar-refractivity contribution >= 4 is 13.3 Å². The minimum atomic E-state index is -1.52. The Morgan fingerprint density at radius 2 is 1.33 bits per heavy atom. The molecule has 1 aromatic carbocycles. The van der Waals surface area contributed by atoms with Crippen LogP contribution in [0.3, 0.4) is 0 Å². The van der Waals surface area contributed by atoms with E-state index in [0.29, 0.717) is 5.54 Å². The molecule has 0 saturated carbocycles. The van der Waals surface area contributed by atoms with Crippen molar-refractivity contribution in [2.24, 2.45) is 0 Å². The number of allylic oxidation sites excluding steroid dienone is 4. The fourth-order valence-corrected chi connectivity index (χ4v) is 6.98. The molecule has 2 rings (SSSR count). The molecule has 0 nitrogen and oxygen atoms in total. The number of hydrogen-bond acceptors (Lipinski definition) is 0. The number of aryl methyl sites for hydroxylation is 2. The van der Waals surface area contributed by atoms with E-state index in [-0.39, 0.29) is 0 Å². The smallest absolute Gasteiger partial charge is 0.0797 e. The van der Waals surface area contributed by atoms with Crippen LogP contribution in [0.4, 0.5) is 0 Å². The lowest BCUT2D eigenvalue weighted by molar-refractivity contribution is 0.661. The van der Waals surface area contributed by atoms with Gasteiger partial charge in [-0.15, -0.1) is 0 Å². The molecule has 0 bridgehead atoms. The summed E-state index contributed by atoms with van der Waals surface area (Å²) in [6, 6.07) is 7.67. The lowest BCUT2D eigenvalue weighted by Crippen LogP contribution is -2.45. The highest BCUT2D eigenvalue weighted by molar-refractivity contribution is 6.91. The highest BCUT2D eigenvalue weighted by atomic mass is 28.3. The molecule has 0 spiro atoms. The Morgan fingerprint density at radius 3 is 1.78 bits per heavy atom. The van der Waals surface area contributed by atoms with Crippen molar-refractivity contribution in [2.75, 3.05) is 0 Å². The maximum Gasteiger partial charge on any atom is 0.0912 e.